The fourth-order valence-corrected chi connectivity index (χ4v) is 3.60. The number of carbonyl (C=O) groups excluding carboxylic acids is 1. The molecule has 17 heavy (non-hydrogen) atoms. The lowest BCUT2D eigenvalue weighted by Crippen LogP contribution is -2.20. The molecule has 6 heteroatoms. The van der Waals surface area contributed by atoms with Crippen molar-refractivity contribution in [3.05, 3.63) is 41.0 Å². The summed E-state index contributed by atoms with van der Waals surface area (Å²) in [6.07, 6.45) is 0. The topological polar surface area (TPSA) is 39.1 Å². The van der Waals surface area contributed by atoms with Crippen molar-refractivity contribution >= 4 is 44.4 Å². The SMILES string of the molecule is Cc1sc(=O)n(CC(=O)c2ccc(Br)s2)c1C. The molecule has 0 spiro atoms. The fourth-order valence-electron chi connectivity index (χ4n) is 1.46. The highest BCUT2D eigenvalue weighted by molar-refractivity contribution is 9.11. The first-order valence-electron chi connectivity index (χ1n) is 4.94. The van der Waals surface area contributed by atoms with E-state index in [4.69, 9.17) is 0 Å². The molecule has 0 radical (unpaired) electrons. The van der Waals surface area contributed by atoms with Gasteiger partial charge in [-0.15, -0.1) is 11.3 Å². The monoisotopic (exact) mass is 331 g/mol. The first-order valence-corrected chi connectivity index (χ1v) is 7.37. The van der Waals surface area contributed by atoms with Crippen LogP contribution in [0.1, 0.15) is 20.2 Å². The molecule has 2 rings (SSSR count). The van der Waals surface area contributed by atoms with Gasteiger partial charge in [-0.1, -0.05) is 11.3 Å². The lowest BCUT2D eigenvalue weighted by atomic mass is 10.3. The van der Waals surface area contributed by atoms with Crippen molar-refractivity contribution in [2.24, 2.45) is 0 Å². The Hall–Kier alpha value is -0.720. The van der Waals surface area contributed by atoms with E-state index in [1.54, 1.807) is 6.07 Å². The quantitative estimate of drug-likeness (QED) is 0.810. The van der Waals surface area contributed by atoms with Gasteiger partial charge in [-0.05, 0) is 41.9 Å². The highest BCUT2D eigenvalue weighted by atomic mass is 79.9. The van der Waals surface area contributed by atoms with Gasteiger partial charge < -0.3 is 0 Å². The second-order valence-corrected chi connectivity index (χ2v) is 7.25. The summed E-state index contributed by atoms with van der Waals surface area (Å²) in [4.78, 5) is 25.2. The molecule has 2 aromatic rings. The van der Waals surface area contributed by atoms with Gasteiger partial charge in [0.25, 0.3) is 0 Å². The molecule has 0 aliphatic rings. The van der Waals surface area contributed by atoms with Crippen LogP contribution in [-0.2, 0) is 6.54 Å². The van der Waals surface area contributed by atoms with Crippen LogP contribution in [-0.4, -0.2) is 10.4 Å². The van der Waals surface area contributed by atoms with Crippen molar-refractivity contribution in [2.75, 3.05) is 0 Å². The Bertz CT molecular complexity index is 624. The molecule has 0 unspecified atom stereocenters. The maximum Gasteiger partial charge on any atom is 0.307 e. The van der Waals surface area contributed by atoms with Crippen LogP contribution in [0.15, 0.2) is 20.7 Å². The molecule has 2 heterocycles. The molecular formula is C11H10BrNO2S2. The molecule has 0 atom stereocenters. The molecule has 0 saturated heterocycles. The summed E-state index contributed by atoms with van der Waals surface area (Å²) in [5.74, 6) is -0.0244. The van der Waals surface area contributed by atoms with Crippen molar-refractivity contribution < 1.29 is 4.79 Å². The molecule has 0 fully saturated rings. The van der Waals surface area contributed by atoms with Crippen LogP contribution in [0.4, 0.5) is 0 Å². The van der Waals surface area contributed by atoms with E-state index in [1.807, 2.05) is 19.9 Å². The van der Waals surface area contributed by atoms with E-state index in [9.17, 15) is 9.59 Å². The normalized spacial score (nSPS) is 10.8. The third-order valence-electron chi connectivity index (χ3n) is 2.52. The number of nitrogens with zero attached hydrogens (tertiary/aromatic N) is 1. The molecule has 90 valence electrons. The number of rotatable bonds is 3. The third-order valence-corrected chi connectivity index (χ3v) is 5.19. The standard InChI is InChI=1S/C11H10BrNO2S2/c1-6-7(2)16-11(15)13(6)5-8(14)9-3-4-10(12)17-9/h3-4H,5H2,1-2H3. The lowest BCUT2D eigenvalue weighted by molar-refractivity contribution is 0.0974. The molecule has 0 aromatic carbocycles. The number of carbonyl (C=O) groups is 1. The Morgan fingerprint density at radius 3 is 2.53 bits per heavy atom. The minimum Gasteiger partial charge on any atom is -0.295 e. The molecule has 0 aliphatic heterocycles. The molecule has 0 aliphatic carbocycles. The van der Waals surface area contributed by atoms with E-state index < -0.39 is 0 Å². The van der Waals surface area contributed by atoms with Gasteiger partial charge in [0.1, 0.15) is 0 Å². The van der Waals surface area contributed by atoms with Gasteiger partial charge in [0, 0.05) is 10.6 Å². The predicted molar refractivity (Wildman–Crippen MR) is 74.4 cm³/mol. The van der Waals surface area contributed by atoms with Gasteiger partial charge >= 0.3 is 4.87 Å². The highest BCUT2D eigenvalue weighted by Crippen LogP contribution is 2.23. The number of hydrogen-bond donors (Lipinski definition) is 0. The fraction of sp³-hybridized carbons (Fsp3) is 0.273. The summed E-state index contributed by atoms with van der Waals surface area (Å²) >= 11 is 5.90. The average Bonchev–Trinajstić information content (AvgIpc) is 2.79. The van der Waals surface area contributed by atoms with E-state index in [0.717, 1.165) is 14.4 Å². The first kappa shape index (κ1) is 12.7. The van der Waals surface area contributed by atoms with Crippen LogP contribution < -0.4 is 4.87 Å². The zero-order valence-corrected chi connectivity index (χ0v) is 12.5. The third kappa shape index (κ3) is 2.59. The van der Waals surface area contributed by atoms with Gasteiger partial charge in [0.2, 0.25) is 0 Å². The second-order valence-electron chi connectivity index (χ2n) is 3.62. The van der Waals surface area contributed by atoms with Gasteiger partial charge in [-0.3, -0.25) is 14.2 Å². The molecule has 0 N–H and O–H groups in total. The molecule has 3 nitrogen and oxygen atoms in total. The minimum absolute atomic E-state index is 0.0244. The minimum atomic E-state index is -0.0658. The van der Waals surface area contributed by atoms with Crippen molar-refractivity contribution in [1.29, 1.82) is 0 Å². The first-order chi connectivity index (χ1) is 7.99. The van der Waals surface area contributed by atoms with Crippen molar-refractivity contribution in [3.63, 3.8) is 0 Å². The smallest absolute Gasteiger partial charge is 0.295 e. The summed E-state index contributed by atoms with van der Waals surface area (Å²) in [6, 6.07) is 3.61. The van der Waals surface area contributed by atoms with Crippen molar-refractivity contribution in [3.8, 4) is 0 Å². The largest absolute Gasteiger partial charge is 0.307 e. The number of ketones is 1. The highest BCUT2D eigenvalue weighted by Gasteiger charge is 2.14. The molecular weight excluding hydrogens is 322 g/mol. The van der Waals surface area contributed by atoms with Gasteiger partial charge in [0.15, 0.2) is 5.78 Å². The number of halogens is 1. The number of aryl methyl sites for hydroxylation is 1. The molecule has 2 aromatic heterocycles. The van der Waals surface area contributed by atoms with Crippen LogP contribution in [0.25, 0.3) is 0 Å². The van der Waals surface area contributed by atoms with E-state index in [1.165, 1.54) is 27.2 Å². The van der Waals surface area contributed by atoms with E-state index >= 15 is 0 Å². The number of thiazole rings is 1. The Morgan fingerprint density at radius 1 is 1.35 bits per heavy atom. The van der Waals surface area contributed by atoms with Crippen molar-refractivity contribution in [2.45, 2.75) is 20.4 Å². The molecule has 0 saturated carbocycles. The maximum atomic E-state index is 12.0. The van der Waals surface area contributed by atoms with Crippen LogP contribution >= 0.6 is 38.6 Å². The van der Waals surface area contributed by atoms with Crippen LogP contribution in [0, 0.1) is 13.8 Å². The number of Topliss-reactive ketones (excluding diaryl/α,β-unsaturated/α-hetero) is 1. The van der Waals surface area contributed by atoms with Crippen molar-refractivity contribution in [1.82, 2.24) is 4.57 Å². The molecule has 0 bridgehead atoms. The summed E-state index contributed by atoms with van der Waals surface area (Å²) in [6.45, 7) is 3.89. The Kier molecular flexibility index (Phi) is 3.65. The van der Waals surface area contributed by atoms with Gasteiger partial charge in [0.05, 0.1) is 15.2 Å². The van der Waals surface area contributed by atoms with Gasteiger partial charge in [-0.2, -0.15) is 0 Å². The zero-order chi connectivity index (χ0) is 12.6. The predicted octanol–water partition coefficient (Wildman–Crippen LogP) is 3.23. The summed E-state index contributed by atoms with van der Waals surface area (Å²) in [5.41, 5.74) is 0.879. The zero-order valence-electron chi connectivity index (χ0n) is 9.32. The number of hydrogen-bond acceptors (Lipinski definition) is 4. The van der Waals surface area contributed by atoms with Crippen LogP contribution in [0.2, 0.25) is 0 Å². The lowest BCUT2D eigenvalue weighted by Gasteiger charge is -2.02. The van der Waals surface area contributed by atoms with Crippen LogP contribution in [0.3, 0.4) is 0 Å². The summed E-state index contributed by atoms with van der Waals surface area (Å²) in [7, 11) is 0. The number of aromatic nitrogens is 1. The van der Waals surface area contributed by atoms with E-state index in [2.05, 4.69) is 15.9 Å². The van der Waals surface area contributed by atoms with Gasteiger partial charge in [-0.25, -0.2) is 0 Å². The molecule has 0 amide bonds. The Morgan fingerprint density at radius 2 is 2.06 bits per heavy atom. The maximum absolute atomic E-state index is 12.0. The second kappa shape index (κ2) is 4.88. The average molecular weight is 332 g/mol. The number of thiophene rings is 1. The van der Waals surface area contributed by atoms with E-state index in [-0.39, 0.29) is 17.2 Å². The Labute approximate surface area is 115 Å². The Balaban J connectivity index is 2.27. The van der Waals surface area contributed by atoms with E-state index in [0.29, 0.717) is 4.88 Å². The summed E-state index contributed by atoms with van der Waals surface area (Å²) < 4.78 is 2.46. The summed E-state index contributed by atoms with van der Waals surface area (Å²) in [5, 5.41) is 0. The van der Waals surface area contributed by atoms with Crippen LogP contribution in [0.5, 0.6) is 0 Å².